The van der Waals surface area contributed by atoms with E-state index in [1.807, 2.05) is 6.92 Å². The summed E-state index contributed by atoms with van der Waals surface area (Å²) in [5.74, 6) is 0.432. The van der Waals surface area contributed by atoms with Crippen molar-refractivity contribution in [2.45, 2.75) is 45.4 Å². The molecule has 1 aromatic carbocycles. The number of aromatic nitrogens is 3. The van der Waals surface area contributed by atoms with Gasteiger partial charge in [0.1, 0.15) is 11.5 Å². The molecule has 0 atom stereocenters. The molecule has 3 rings (SSSR count). The molecule has 0 saturated heterocycles. The Kier molecular flexibility index (Phi) is 7.88. The average Bonchev–Trinajstić information content (AvgIpc) is 3.19. The second-order valence-corrected chi connectivity index (χ2v) is 8.08. The second-order valence-electron chi connectivity index (χ2n) is 8.08. The molecular formula is C24H26F3N3O5. The van der Waals surface area contributed by atoms with Crippen LogP contribution in [0.4, 0.5) is 13.2 Å². The maximum Gasteiger partial charge on any atom is 0.417 e. The molecule has 2 aromatic heterocycles. The van der Waals surface area contributed by atoms with Gasteiger partial charge in [-0.1, -0.05) is 6.07 Å². The van der Waals surface area contributed by atoms with Gasteiger partial charge in [-0.2, -0.15) is 13.2 Å². The van der Waals surface area contributed by atoms with Gasteiger partial charge in [-0.15, -0.1) is 5.10 Å². The topological polar surface area (TPSA) is 95.7 Å². The number of rotatable bonds is 11. The number of carboxylic acid groups (broad SMARTS) is 1. The summed E-state index contributed by atoms with van der Waals surface area (Å²) < 4.78 is 56.6. The minimum Gasteiger partial charge on any atom is -0.493 e. The molecule has 1 N–H and O–H groups in total. The number of carbonyl (C=O) groups is 1. The molecule has 0 saturated carbocycles. The maximum absolute atomic E-state index is 12.8. The van der Waals surface area contributed by atoms with E-state index in [2.05, 4.69) is 10.1 Å². The molecule has 188 valence electrons. The summed E-state index contributed by atoms with van der Waals surface area (Å²) in [6.45, 7) is 5.45. The number of aryl methyl sites for hydroxylation is 1. The van der Waals surface area contributed by atoms with Crippen LogP contribution < -0.4 is 14.2 Å². The molecule has 0 aliphatic heterocycles. The minimum atomic E-state index is -4.46. The lowest BCUT2D eigenvalue weighted by molar-refractivity contribution is -0.152. The zero-order chi connectivity index (χ0) is 25.6. The van der Waals surface area contributed by atoms with Gasteiger partial charge in [-0.3, -0.25) is 0 Å². The largest absolute Gasteiger partial charge is 0.493 e. The third kappa shape index (κ3) is 6.87. The summed E-state index contributed by atoms with van der Waals surface area (Å²) in [6, 6.07) is 8.91. The number of carboxylic acids is 1. The van der Waals surface area contributed by atoms with Gasteiger partial charge in [0.15, 0.2) is 11.4 Å². The molecule has 2 heterocycles. The van der Waals surface area contributed by atoms with E-state index in [1.165, 1.54) is 24.6 Å². The van der Waals surface area contributed by atoms with Crippen molar-refractivity contribution < 1.29 is 37.3 Å². The van der Waals surface area contributed by atoms with E-state index in [0.29, 0.717) is 43.4 Å². The number of nitrogens with zero attached hydrogens (tertiary/aromatic N) is 3. The van der Waals surface area contributed by atoms with E-state index in [0.717, 1.165) is 17.8 Å². The number of alkyl halides is 3. The van der Waals surface area contributed by atoms with E-state index < -0.39 is 23.3 Å². The molecule has 11 heteroatoms. The van der Waals surface area contributed by atoms with Crippen LogP contribution in [0, 0.1) is 0 Å². The van der Waals surface area contributed by atoms with Gasteiger partial charge in [0, 0.05) is 24.0 Å². The molecule has 0 spiro atoms. The third-order valence-electron chi connectivity index (χ3n) is 4.90. The Bertz CT molecular complexity index is 1140. The fraction of sp³-hybridized carbons (Fsp3) is 0.375. The summed E-state index contributed by atoms with van der Waals surface area (Å²) in [4.78, 5) is 15.1. The SMILES string of the molecule is CCOc1nn(-c2ccc(C(F)(F)F)cn2)cc1CCCOc1cccc(OC(C)(C)C(=O)O)c1. The lowest BCUT2D eigenvalue weighted by atomic mass is 10.1. The second kappa shape index (κ2) is 10.7. The molecule has 0 fully saturated rings. The monoisotopic (exact) mass is 493 g/mol. The molecule has 0 bridgehead atoms. The number of aliphatic carboxylic acids is 1. The van der Waals surface area contributed by atoms with Crippen molar-refractivity contribution in [1.82, 2.24) is 14.8 Å². The van der Waals surface area contributed by atoms with Crippen LogP contribution in [0.5, 0.6) is 17.4 Å². The Balaban J connectivity index is 1.61. The van der Waals surface area contributed by atoms with Gasteiger partial charge >= 0.3 is 12.1 Å². The van der Waals surface area contributed by atoms with Crippen LogP contribution in [0.25, 0.3) is 5.82 Å². The van der Waals surface area contributed by atoms with Gasteiger partial charge < -0.3 is 19.3 Å². The zero-order valence-electron chi connectivity index (χ0n) is 19.5. The average molecular weight is 493 g/mol. The quantitative estimate of drug-likeness (QED) is 0.378. The standard InChI is InChI=1S/C24H26F3N3O5/c1-4-33-21-16(15-30(29-21)20-11-10-17(14-28-20)24(25,26)27)7-6-12-34-18-8-5-9-19(13-18)35-23(2,3)22(31)32/h5,8-11,13-15H,4,6-7,12H2,1-3H3,(H,31,32). The van der Waals surface area contributed by atoms with E-state index >= 15 is 0 Å². The van der Waals surface area contributed by atoms with E-state index in [-0.39, 0.29) is 5.82 Å². The van der Waals surface area contributed by atoms with Crippen LogP contribution in [0.1, 0.15) is 38.3 Å². The third-order valence-corrected chi connectivity index (χ3v) is 4.90. The van der Waals surface area contributed by atoms with E-state index in [1.54, 1.807) is 30.5 Å². The molecular weight excluding hydrogens is 467 g/mol. The van der Waals surface area contributed by atoms with Crippen LogP contribution in [-0.2, 0) is 17.4 Å². The predicted octanol–water partition coefficient (Wildman–Crippen LogP) is 4.94. The molecule has 0 amide bonds. The van der Waals surface area contributed by atoms with Crippen molar-refractivity contribution in [2.24, 2.45) is 0 Å². The Morgan fingerprint density at radius 2 is 1.86 bits per heavy atom. The Hall–Kier alpha value is -3.76. The highest BCUT2D eigenvalue weighted by Crippen LogP contribution is 2.29. The lowest BCUT2D eigenvalue weighted by Gasteiger charge is -2.21. The minimum absolute atomic E-state index is 0.238. The Morgan fingerprint density at radius 3 is 2.49 bits per heavy atom. The predicted molar refractivity (Wildman–Crippen MR) is 120 cm³/mol. The van der Waals surface area contributed by atoms with Gasteiger partial charge in [0.2, 0.25) is 5.88 Å². The molecule has 8 nitrogen and oxygen atoms in total. The number of pyridine rings is 1. The molecule has 35 heavy (non-hydrogen) atoms. The van der Waals surface area contributed by atoms with Crippen molar-refractivity contribution in [2.75, 3.05) is 13.2 Å². The van der Waals surface area contributed by atoms with Crippen molar-refractivity contribution in [1.29, 1.82) is 0 Å². The highest BCUT2D eigenvalue weighted by molar-refractivity contribution is 5.76. The number of hydrogen-bond donors (Lipinski definition) is 1. The van der Waals surface area contributed by atoms with Crippen molar-refractivity contribution >= 4 is 5.97 Å². The Labute approximate surface area is 200 Å². The Morgan fingerprint density at radius 1 is 1.11 bits per heavy atom. The van der Waals surface area contributed by atoms with Crippen LogP contribution in [0.3, 0.4) is 0 Å². The number of hydrogen-bond acceptors (Lipinski definition) is 6. The number of benzene rings is 1. The van der Waals surface area contributed by atoms with Crippen molar-refractivity contribution in [3.63, 3.8) is 0 Å². The fourth-order valence-electron chi connectivity index (χ4n) is 3.05. The van der Waals surface area contributed by atoms with E-state index in [9.17, 15) is 23.1 Å². The normalized spacial score (nSPS) is 11.8. The van der Waals surface area contributed by atoms with Crippen LogP contribution in [0.15, 0.2) is 48.8 Å². The summed E-state index contributed by atoms with van der Waals surface area (Å²) in [5.41, 5.74) is -1.45. The van der Waals surface area contributed by atoms with Gasteiger partial charge in [0.05, 0.1) is 18.8 Å². The first-order chi connectivity index (χ1) is 16.5. The smallest absolute Gasteiger partial charge is 0.417 e. The van der Waals surface area contributed by atoms with Gasteiger partial charge in [-0.05, 0) is 57.9 Å². The van der Waals surface area contributed by atoms with Crippen LogP contribution in [0.2, 0.25) is 0 Å². The first-order valence-electron chi connectivity index (χ1n) is 10.9. The molecule has 0 aliphatic rings. The van der Waals surface area contributed by atoms with Crippen LogP contribution >= 0.6 is 0 Å². The van der Waals surface area contributed by atoms with Gasteiger partial charge in [-0.25, -0.2) is 14.5 Å². The summed E-state index contributed by atoms with van der Waals surface area (Å²) in [5, 5.41) is 13.5. The summed E-state index contributed by atoms with van der Waals surface area (Å²) in [6.07, 6.45) is -0.894. The summed E-state index contributed by atoms with van der Waals surface area (Å²) >= 11 is 0. The van der Waals surface area contributed by atoms with Crippen molar-refractivity contribution in [3.05, 3.63) is 59.9 Å². The molecule has 0 unspecified atom stereocenters. The highest BCUT2D eigenvalue weighted by Gasteiger charge is 2.31. The number of ether oxygens (including phenoxy) is 3. The summed E-state index contributed by atoms with van der Waals surface area (Å²) in [7, 11) is 0. The molecule has 0 aliphatic carbocycles. The van der Waals surface area contributed by atoms with Crippen molar-refractivity contribution in [3.8, 4) is 23.2 Å². The molecule has 3 aromatic rings. The lowest BCUT2D eigenvalue weighted by Crippen LogP contribution is -2.37. The first-order valence-corrected chi connectivity index (χ1v) is 10.9. The van der Waals surface area contributed by atoms with E-state index in [4.69, 9.17) is 14.2 Å². The first kappa shape index (κ1) is 25.9. The van der Waals surface area contributed by atoms with Gasteiger partial charge in [0.25, 0.3) is 0 Å². The zero-order valence-corrected chi connectivity index (χ0v) is 19.5. The maximum atomic E-state index is 12.8. The highest BCUT2D eigenvalue weighted by atomic mass is 19.4. The fourth-order valence-corrected chi connectivity index (χ4v) is 3.05. The number of halogens is 3. The molecule has 0 radical (unpaired) electrons. The van der Waals surface area contributed by atoms with Crippen LogP contribution in [-0.4, -0.2) is 44.7 Å².